The molecule has 124 valence electrons. The quantitative estimate of drug-likeness (QED) is 0.562. The second-order valence-corrected chi connectivity index (χ2v) is 6.91. The molecule has 0 aliphatic rings. The molecule has 0 spiro atoms. The molecule has 0 bridgehead atoms. The summed E-state index contributed by atoms with van der Waals surface area (Å²) < 4.78 is 0. The number of halogens is 1. The van der Waals surface area contributed by atoms with E-state index in [2.05, 4.69) is 20.2 Å². The van der Waals surface area contributed by atoms with E-state index in [9.17, 15) is 5.11 Å². The van der Waals surface area contributed by atoms with E-state index >= 15 is 0 Å². The van der Waals surface area contributed by atoms with E-state index in [-0.39, 0.29) is 0 Å². The predicted octanol–water partition coefficient (Wildman–Crippen LogP) is 4.33. The minimum Gasteiger partial charge on any atom is -0.384 e. The lowest BCUT2D eigenvalue weighted by Crippen LogP contribution is -2.00. The Labute approximate surface area is 153 Å². The Hall–Kier alpha value is -2.54. The molecule has 0 saturated heterocycles. The molecule has 0 unspecified atom stereocenters. The maximum absolute atomic E-state index is 10.9. The zero-order valence-electron chi connectivity index (χ0n) is 12.9. The number of nitrogens with one attached hydrogen (secondary N) is 1. The van der Waals surface area contributed by atoms with Gasteiger partial charge in [0, 0.05) is 27.9 Å². The largest absolute Gasteiger partial charge is 0.384 e. The molecule has 25 heavy (non-hydrogen) atoms. The van der Waals surface area contributed by atoms with Gasteiger partial charge in [-0.3, -0.25) is 10.1 Å². The van der Waals surface area contributed by atoms with Gasteiger partial charge in [0.2, 0.25) is 0 Å². The minimum atomic E-state index is -0.788. The van der Waals surface area contributed by atoms with Crippen LogP contribution >= 0.6 is 22.9 Å². The molecule has 1 aromatic carbocycles. The highest BCUT2D eigenvalue weighted by molar-refractivity contribution is 7.19. The smallest absolute Gasteiger partial charge is 0.165 e. The Bertz CT molecular complexity index is 968. The monoisotopic (exact) mass is 368 g/mol. The topological polar surface area (TPSA) is 74.7 Å². The van der Waals surface area contributed by atoms with E-state index in [1.54, 1.807) is 35.9 Å². The van der Waals surface area contributed by atoms with Crippen molar-refractivity contribution in [1.29, 1.82) is 0 Å². The summed E-state index contributed by atoms with van der Waals surface area (Å²) in [6.45, 7) is 0. The molecule has 0 aliphatic carbocycles. The highest BCUT2D eigenvalue weighted by Crippen LogP contribution is 2.41. The lowest BCUT2D eigenvalue weighted by atomic mass is 10.0. The summed E-state index contributed by atoms with van der Waals surface area (Å²) in [4.78, 5) is 10.2. The van der Waals surface area contributed by atoms with Crippen molar-refractivity contribution in [3.8, 4) is 21.1 Å². The highest BCUT2D eigenvalue weighted by atomic mass is 35.5. The Balaban J connectivity index is 1.82. The van der Waals surface area contributed by atoms with E-state index in [1.165, 1.54) is 6.33 Å². The van der Waals surface area contributed by atoms with E-state index in [0.717, 1.165) is 26.4 Å². The summed E-state index contributed by atoms with van der Waals surface area (Å²) in [5.41, 5.74) is 2.58. The number of aliphatic hydroxyl groups is 1. The van der Waals surface area contributed by atoms with Gasteiger partial charge in [0.15, 0.2) is 5.82 Å². The van der Waals surface area contributed by atoms with Crippen molar-refractivity contribution in [3.05, 3.63) is 77.3 Å². The molecule has 3 aromatic heterocycles. The minimum absolute atomic E-state index is 0.633. The molecule has 4 rings (SSSR count). The Morgan fingerprint density at radius 1 is 1.08 bits per heavy atom. The maximum atomic E-state index is 10.9. The van der Waals surface area contributed by atoms with Crippen LogP contribution in [0.2, 0.25) is 5.02 Å². The first-order valence-electron chi connectivity index (χ1n) is 7.56. The van der Waals surface area contributed by atoms with Crippen molar-refractivity contribution in [2.75, 3.05) is 0 Å². The lowest BCUT2D eigenvalue weighted by molar-refractivity contribution is 0.221. The average molecular weight is 369 g/mol. The standard InChI is InChI=1S/C18H13ClN4OS/c19-13-3-1-12(2-4-13)16(24)14-9-15(11-5-7-20-8-6-11)25-17(14)18-21-10-22-23-18/h1-10,16,24H,(H,21,22,23)/t16-/m1/s1. The van der Waals surface area contributed by atoms with Gasteiger partial charge in [-0.15, -0.1) is 11.3 Å². The van der Waals surface area contributed by atoms with Crippen LogP contribution in [-0.4, -0.2) is 25.3 Å². The van der Waals surface area contributed by atoms with Crippen molar-refractivity contribution in [3.63, 3.8) is 0 Å². The van der Waals surface area contributed by atoms with E-state index in [1.807, 2.05) is 30.3 Å². The number of aromatic amines is 1. The normalized spacial score (nSPS) is 12.2. The number of H-pyrrole nitrogens is 1. The molecule has 0 aliphatic heterocycles. The summed E-state index contributed by atoms with van der Waals surface area (Å²) in [7, 11) is 0. The third kappa shape index (κ3) is 3.19. The van der Waals surface area contributed by atoms with E-state index in [4.69, 9.17) is 11.6 Å². The van der Waals surface area contributed by atoms with E-state index in [0.29, 0.717) is 10.8 Å². The van der Waals surface area contributed by atoms with Crippen LogP contribution in [0.25, 0.3) is 21.1 Å². The molecule has 7 heteroatoms. The second-order valence-electron chi connectivity index (χ2n) is 5.42. The predicted molar refractivity (Wildman–Crippen MR) is 98.4 cm³/mol. The Morgan fingerprint density at radius 3 is 2.52 bits per heavy atom. The molecule has 0 fully saturated rings. The first-order valence-corrected chi connectivity index (χ1v) is 8.75. The molecule has 3 heterocycles. The van der Waals surface area contributed by atoms with Crippen LogP contribution in [0, 0.1) is 0 Å². The van der Waals surface area contributed by atoms with Gasteiger partial charge in [0.1, 0.15) is 12.4 Å². The number of hydrogen-bond donors (Lipinski definition) is 2. The lowest BCUT2D eigenvalue weighted by Gasteiger charge is -2.11. The molecular formula is C18H13ClN4OS. The van der Waals surface area contributed by atoms with Crippen LogP contribution in [0.1, 0.15) is 17.2 Å². The third-order valence-corrected chi connectivity index (χ3v) is 5.29. The van der Waals surface area contributed by atoms with Crippen molar-refractivity contribution < 1.29 is 5.11 Å². The molecule has 0 amide bonds. The maximum Gasteiger partial charge on any atom is 0.165 e. The van der Waals surface area contributed by atoms with Gasteiger partial charge in [-0.2, -0.15) is 5.10 Å². The number of aromatic nitrogens is 4. The van der Waals surface area contributed by atoms with Crippen LogP contribution < -0.4 is 0 Å². The number of rotatable bonds is 4. The van der Waals surface area contributed by atoms with E-state index < -0.39 is 6.10 Å². The fourth-order valence-electron chi connectivity index (χ4n) is 2.59. The number of hydrogen-bond acceptors (Lipinski definition) is 5. The highest BCUT2D eigenvalue weighted by Gasteiger charge is 2.21. The zero-order chi connectivity index (χ0) is 17.2. The number of nitrogens with zero attached hydrogens (tertiary/aromatic N) is 3. The molecule has 2 N–H and O–H groups in total. The van der Waals surface area contributed by atoms with Crippen LogP contribution in [0.15, 0.2) is 61.2 Å². The van der Waals surface area contributed by atoms with Crippen molar-refractivity contribution in [2.45, 2.75) is 6.10 Å². The van der Waals surface area contributed by atoms with Crippen molar-refractivity contribution in [2.24, 2.45) is 0 Å². The van der Waals surface area contributed by atoms with Crippen LogP contribution in [-0.2, 0) is 0 Å². The molecule has 4 aromatic rings. The van der Waals surface area contributed by atoms with Gasteiger partial charge in [-0.05, 0) is 41.5 Å². The van der Waals surface area contributed by atoms with Gasteiger partial charge in [-0.25, -0.2) is 4.98 Å². The average Bonchev–Trinajstić information content (AvgIpc) is 3.32. The molecular weight excluding hydrogens is 356 g/mol. The summed E-state index contributed by atoms with van der Waals surface area (Å²) in [5.74, 6) is 0.633. The molecule has 0 saturated carbocycles. The number of pyridine rings is 1. The number of thiophene rings is 1. The summed E-state index contributed by atoms with van der Waals surface area (Å²) in [5, 5.41) is 18.4. The van der Waals surface area contributed by atoms with Gasteiger partial charge in [0.05, 0.1) is 4.88 Å². The number of aliphatic hydroxyl groups excluding tert-OH is 1. The second kappa shape index (κ2) is 6.76. The summed E-state index contributed by atoms with van der Waals surface area (Å²) in [6.07, 6.45) is 4.17. The molecule has 0 radical (unpaired) electrons. The Morgan fingerprint density at radius 2 is 1.84 bits per heavy atom. The van der Waals surface area contributed by atoms with Gasteiger partial charge in [-0.1, -0.05) is 23.7 Å². The third-order valence-electron chi connectivity index (χ3n) is 3.84. The fraction of sp³-hybridized carbons (Fsp3) is 0.0556. The van der Waals surface area contributed by atoms with Crippen molar-refractivity contribution >= 4 is 22.9 Å². The van der Waals surface area contributed by atoms with Crippen LogP contribution in [0.3, 0.4) is 0 Å². The zero-order valence-corrected chi connectivity index (χ0v) is 14.5. The van der Waals surface area contributed by atoms with Gasteiger partial charge in [0.25, 0.3) is 0 Å². The van der Waals surface area contributed by atoms with Gasteiger partial charge < -0.3 is 5.11 Å². The Kier molecular flexibility index (Phi) is 4.31. The number of benzene rings is 1. The van der Waals surface area contributed by atoms with Gasteiger partial charge >= 0.3 is 0 Å². The first-order chi connectivity index (χ1) is 12.2. The molecule has 1 atom stereocenters. The summed E-state index contributed by atoms with van der Waals surface area (Å²) in [6, 6.07) is 13.0. The van der Waals surface area contributed by atoms with Crippen molar-refractivity contribution in [1.82, 2.24) is 20.2 Å². The first kappa shape index (κ1) is 16.0. The fourth-order valence-corrected chi connectivity index (χ4v) is 3.86. The summed E-state index contributed by atoms with van der Waals surface area (Å²) >= 11 is 7.50. The SMILES string of the molecule is O[C@H](c1ccc(Cl)cc1)c1cc(-c2ccncc2)sc1-c1ncn[nH]1. The van der Waals surface area contributed by atoms with Crippen LogP contribution in [0.5, 0.6) is 0 Å². The van der Waals surface area contributed by atoms with Crippen LogP contribution in [0.4, 0.5) is 0 Å². The molecule has 5 nitrogen and oxygen atoms in total.